The van der Waals surface area contributed by atoms with Gasteiger partial charge in [0.1, 0.15) is 5.69 Å². The first-order valence-corrected chi connectivity index (χ1v) is 6.08. The van der Waals surface area contributed by atoms with Crippen LogP contribution in [0.1, 0.15) is 5.56 Å². The van der Waals surface area contributed by atoms with Crippen LogP contribution in [0.5, 0.6) is 0 Å². The smallest absolute Gasteiger partial charge is 0.134 e. The van der Waals surface area contributed by atoms with Crippen molar-refractivity contribution in [2.45, 2.75) is 6.92 Å². The zero-order chi connectivity index (χ0) is 13.2. The lowest BCUT2D eigenvalue weighted by molar-refractivity contribution is 0.875. The van der Waals surface area contributed by atoms with Crippen LogP contribution < -0.4 is 5.73 Å². The van der Waals surface area contributed by atoms with Crippen molar-refractivity contribution in [3.05, 3.63) is 60.4 Å². The van der Waals surface area contributed by atoms with Crippen LogP contribution in [0.4, 0.5) is 5.69 Å². The summed E-state index contributed by atoms with van der Waals surface area (Å²) >= 11 is 0. The van der Waals surface area contributed by atoms with Crippen molar-refractivity contribution in [2.24, 2.45) is 0 Å². The van der Waals surface area contributed by atoms with Crippen LogP contribution in [0.3, 0.4) is 0 Å². The molecule has 0 atom stereocenters. The fourth-order valence-corrected chi connectivity index (χ4v) is 2.03. The molecule has 0 unspecified atom stereocenters. The predicted molar refractivity (Wildman–Crippen MR) is 75.9 cm³/mol. The third-order valence-corrected chi connectivity index (χ3v) is 3.01. The largest absolute Gasteiger partial charge is 0.396 e. The van der Waals surface area contributed by atoms with Crippen LogP contribution in [0.2, 0.25) is 0 Å². The molecule has 2 heterocycles. The highest BCUT2D eigenvalue weighted by Gasteiger charge is 2.11. The molecule has 3 aromatic rings. The maximum atomic E-state index is 6.04. The zero-order valence-electron chi connectivity index (χ0n) is 10.6. The van der Waals surface area contributed by atoms with E-state index in [9.17, 15) is 0 Å². The van der Waals surface area contributed by atoms with E-state index in [-0.39, 0.29) is 0 Å². The Morgan fingerprint density at radius 1 is 1.05 bits per heavy atom. The molecule has 94 valence electrons. The summed E-state index contributed by atoms with van der Waals surface area (Å²) in [4.78, 5) is 4.28. The number of nitrogen functional groups attached to an aromatic ring is 1. The standard InChI is InChI=1S/C15H14N4/c1-11-6-2-3-8-14(11)19-10-12(16)15(18-19)13-7-4-5-9-17-13/h2-10H,16H2,1H3. The van der Waals surface area contributed by atoms with Gasteiger partial charge in [0.05, 0.1) is 23.3 Å². The molecule has 0 aliphatic heterocycles. The molecule has 0 amide bonds. The molecule has 0 fully saturated rings. The van der Waals surface area contributed by atoms with Gasteiger partial charge in [-0.2, -0.15) is 5.10 Å². The summed E-state index contributed by atoms with van der Waals surface area (Å²) in [6.07, 6.45) is 3.56. The van der Waals surface area contributed by atoms with Gasteiger partial charge >= 0.3 is 0 Å². The average molecular weight is 250 g/mol. The normalized spacial score (nSPS) is 10.6. The van der Waals surface area contributed by atoms with Gasteiger partial charge in [0.25, 0.3) is 0 Å². The van der Waals surface area contributed by atoms with Gasteiger partial charge < -0.3 is 5.73 Å². The first-order valence-electron chi connectivity index (χ1n) is 6.08. The number of nitrogens with zero attached hydrogens (tertiary/aromatic N) is 3. The van der Waals surface area contributed by atoms with E-state index >= 15 is 0 Å². The van der Waals surface area contributed by atoms with Gasteiger partial charge in [0.15, 0.2) is 0 Å². The summed E-state index contributed by atoms with van der Waals surface area (Å²) in [5.41, 5.74) is 10.3. The fourth-order valence-electron chi connectivity index (χ4n) is 2.03. The van der Waals surface area contributed by atoms with Gasteiger partial charge in [-0.05, 0) is 30.7 Å². The number of pyridine rings is 1. The quantitative estimate of drug-likeness (QED) is 0.760. The number of para-hydroxylation sites is 1. The third kappa shape index (κ3) is 2.08. The summed E-state index contributed by atoms with van der Waals surface area (Å²) in [5, 5.41) is 4.54. The first kappa shape index (κ1) is 11.5. The van der Waals surface area contributed by atoms with Gasteiger partial charge in [0, 0.05) is 6.20 Å². The molecule has 0 saturated heterocycles. The average Bonchev–Trinajstić information content (AvgIpc) is 2.82. The minimum Gasteiger partial charge on any atom is -0.396 e. The monoisotopic (exact) mass is 250 g/mol. The number of benzene rings is 1. The van der Waals surface area contributed by atoms with Gasteiger partial charge in [0.2, 0.25) is 0 Å². The van der Waals surface area contributed by atoms with Crippen LogP contribution in [0.15, 0.2) is 54.9 Å². The van der Waals surface area contributed by atoms with Crippen LogP contribution in [-0.2, 0) is 0 Å². The topological polar surface area (TPSA) is 56.7 Å². The number of hydrogen-bond acceptors (Lipinski definition) is 3. The Morgan fingerprint density at radius 3 is 2.58 bits per heavy atom. The van der Waals surface area contributed by atoms with Gasteiger partial charge in [-0.15, -0.1) is 0 Å². The molecule has 0 radical (unpaired) electrons. The van der Waals surface area contributed by atoms with Crippen molar-refractivity contribution in [3.8, 4) is 17.1 Å². The molecule has 2 N–H and O–H groups in total. The summed E-state index contributed by atoms with van der Waals surface area (Å²) in [6, 6.07) is 13.8. The van der Waals surface area contributed by atoms with E-state index in [0.717, 1.165) is 16.9 Å². The van der Waals surface area contributed by atoms with Crippen LogP contribution in [0.25, 0.3) is 17.1 Å². The molecule has 0 saturated carbocycles. The Bertz CT molecular complexity index is 701. The molecule has 0 aliphatic carbocycles. The van der Waals surface area contributed by atoms with E-state index in [1.807, 2.05) is 55.6 Å². The molecular weight excluding hydrogens is 236 g/mol. The van der Waals surface area contributed by atoms with Crippen molar-refractivity contribution in [1.29, 1.82) is 0 Å². The van der Waals surface area contributed by atoms with E-state index < -0.39 is 0 Å². The van der Waals surface area contributed by atoms with Crippen molar-refractivity contribution >= 4 is 5.69 Å². The lowest BCUT2D eigenvalue weighted by Gasteiger charge is -2.04. The Morgan fingerprint density at radius 2 is 1.84 bits per heavy atom. The van der Waals surface area contributed by atoms with Crippen LogP contribution in [0, 0.1) is 6.92 Å². The molecule has 4 nitrogen and oxygen atoms in total. The number of hydrogen-bond donors (Lipinski definition) is 1. The van der Waals surface area contributed by atoms with Crippen molar-refractivity contribution in [2.75, 3.05) is 5.73 Å². The molecule has 0 aliphatic rings. The minimum atomic E-state index is 0.627. The number of rotatable bonds is 2. The first-order chi connectivity index (χ1) is 9.25. The Balaban J connectivity index is 2.10. The summed E-state index contributed by atoms with van der Waals surface area (Å²) in [5.74, 6) is 0. The van der Waals surface area contributed by atoms with Crippen LogP contribution >= 0.6 is 0 Å². The summed E-state index contributed by atoms with van der Waals surface area (Å²) in [7, 11) is 0. The lowest BCUT2D eigenvalue weighted by atomic mass is 10.2. The second-order valence-corrected chi connectivity index (χ2v) is 4.38. The van der Waals surface area contributed by atoms with Crippen molar-refractivity contribution in [3.63, 3.8) is 0 Å². The summed E-state index contributed by atoms with van der Waals surface area (Å²) in [6.45, 7) is 2.05. The molecule has 3 rings (SSSR count). The molecule has 2 aromatic heterocycles. The van der Waals surface area contributed by atoms with Crippen LogP contribution in [-0.4, -0.2) is 14.8 Å². The second kappa shape index (κ2) is 4.57. The third-order valence-electron chi connectivity index (χ3n) is 3.01. The fraction of sp³-hybridized carbons (Fsp3) is 0.0667. The predicted octanol–water partition coefficient (Wildman–Crippen LogP) is 2.82. The van der Waals surface area contributed by atoms with Crippen molar-refractivity contribution in [1.82, 2.24) is 14.8 Å². The molecule has 19 heavy (non-hydrogen) atoms. The Labute approximate surface area is 111 Å². The van der Waals surface area contributed by atoms with Gasteiger partial charge in [-0.3, -0.25) is 4.98 Å². The molecule has 0 bridgehead atoms. The minimum absolute atomic E-state index is 0.627. The van der Waals surface area contributed by atoms with Crippen molar-refractivity contribution < 1.29 is 0 Å². The number of nitrogens with two attached hydrogens (primary N) is 1. The number of aryl methyl sites for hydroxylation is 1. The SMILES string of the molecule is Cc1ccccc1-n1cc(N)c(-c2ccccn2)n1. The maximum Gasteiger partial charge on any atom is 0.134 e. The van der Waals surface area contributed by atoms with E-state index in [1.165, 1.54) is 0 Å². The highest BCUT2D eigenvalue weighted by atomic mass is 15.3. The van der Waals surface area contributed by atoms with E-state index in [1.54, 1.807) is 10.9 Å². The van der Waals surface area contributed by atoms with E-state index in [4.69, 9.17) is 5.73 Å². The Hall–Kier alpha value is -2.62. The highest BCUT2D eigenvalue weighted by Crippen LogP contribution is 2.24. The highest BCUT2D eigenvalue weighted by molar-refractivity contribution is 5.69. The van der Waals surface area contributed by atoms with E-state index in [2.05, 4.69) is 10.1 Å². The molecule has 0 spiro atoms. The van der Waals surface area contributed by atoms with E-state index in [0.29, 0.717) is 11.4 Å². The zero-order valence-corrected chi connectivity index (χ0v) is 10.6. The Kier molecular flexibility index (Phi) is 2.76. The number of aromatic nitrogens is 3. The lowest BCUT2D eigenvalue weighted by Crippen LogP contribution is -1.97. The van der Waals surface area contributed by atoms with Gasteiger partial charge in [-0.25, -0.2) is 4.68 Å². The molecule has 1 aromatic carbocycles. The molecular formula is C15H14N4. The maximum absolute atomic E-state index is 6.04. The molecule has 4 heteroatoms. The van der Waals surface area contributed by atoms with Gasteiger partial charge in [-0.1, -0.05) is 24.3 Å². The summed E-state index contributed by atoms with van der Waals surface area (Å²) < 4.78 is 1.80. The number of anilines is 1. The second-order valence-electron chi connectivity index (χ2n) is 4.38.